The predicted octanol–water partition coefficient (Wildman–Crippen LogP) is -0.952. The normalized spacial score (nSPS) is 10.5. The summed E-state index contributed by atoms with van der Waals surface area (Å²) in [6, 6.07) is 0. The Hall–Kier alpha value is -0.100. The van der Waals surface area contributed by atoms with Crippen LogP contribution in [0.1, 0.15) is 71.1 Å². The molecule has 5 nitrogen and oxygen atoms in total. The van der Waals surface area contributed by atoms with Crippen LogP contribution in [0.25, 0.3) is 0 Å². The minimum Gasteiger partial charge on any atom is -0.549 e. The third kappa shape index (κ3) is 18.0. The van der Waals surface area contributed by atoms with E-state index in [4.69, 9.17) is 5.11 Å². The van der Waals surface area contributed by atoms with Crippen LogP contribution in [0.5, 0.6) is 0 Å². The third-order valence-electron chi connectivity index (χ3n) is 3.54. The minimum absolute atomic E-state index is 0. The van der Waals surface area contributed by atoms with Gasteiger partial charge in [-0.05, 0) is 13.0 Å². The molecule has 0 radical (unpaired) electrons. The molecule has 0 fully saturated rings. The number of aliphatic carboxylic acids is 2. The fourth-order valence-electron chi connectivity index (χ4n) is 2.41. The molecule has 6 heteroatoms. The van der Waals surface area contributed by atoms with Crippen molar-refractivity contribution < 1.29 is 49.4 Å². The second kappa shape index (κ2) is 17.3. The van der Waals surface area contributed by atoms with E-state index in [0.29, 0.717) is 6.54 Å². The molecule has 0 rings (SSSR count). The van der Waals surface area contributed by atoms with Gasteiger partial charge in [-0.3, -0.25) is 9.69 Å². The number of nitrogens with zero attached hydrogens (tertiary/aromatic N) is 1. The molecule has 0 bridgehead atoms. The van der Waals surface area contributed by atoms with Gasteiger partial charge in [0.1, 0.15) is 0 Å². The predicted molar refractivity (Wildman–Crippen MR) is 80.9 cm³/mol. The number of hydrogen-bond acceptors (Lipinski definition) is 4. The van der Waals surface area contributed by atoms with Gasteiger partial charge >= 0.3 is 35.5 Å². The van der Waals surface area contributed by atoms with Gasteiger partial charge in [-0.25, -0.2) is 0 Å². The van der Waals surface area contributed by atoms with Gasteiger partial charge in [0.2, 0.25) is 0 Å². The summed E-state index contributed by atoms with van der Waals surface area (Å²) in [6.07, 6.45) is 12.1. The molecule has 22 heavy (non-hydrogen) atoms. The SMILES string of the molecule is CCCCCCCCCCCCN(CC(=O)[O-])CC(=O)O.[Na+]. The largest absolute Gasteiger partial charge is 1.00 e. The number of hydrogen-bond donors (Lipinski definition) is 1. The molecule has 0 spiro atoms. The Bertz CT molecular complexity index is 271. The molecule has 0 aromatic rings. The number of carboxylic acids is 2. The fourth-order valence-corrected chi connectivity index (χ4v) is 2.41. The van der Waals surface area contributed by atoms with Crippen LogP contribution >= 0.6 is 0 Å². The van der Waals surface area contributed by atoms with Gasteiger partial charge in [0.05, 0.1) is 12.5 Å². The van der Waals surface area contributed by atoms with Crippen molar-refractivity contribution in [3.8, 4) is 0 Å². The van der Waals surface area contributed by atoms with Crippen LogP contribution in [0.15, 0.2) is 0 Å². The number of unbranched alkanes of at least 4 members (excludes halogenated alkanes) is 9. The summed E-state index contributed by atoms with van der Waals surface area (Å²) in [5, 5.41) is 19.2. The molecule has 0 saturated heterocycles. The van der Waals surface area contributed by atoms with Crippen molar-refractivity contribution in [2.75, 3.05) is 19.6 Å². The molecular weight excluding hydrogens is 293 g/mol. The van der Waals surface area contributed by atoms with E-state index in [2.05, 4.69) is 6.92 Å². The smallest absolute Gasteiger partial charge is 0.549 e. The van der Waals surface area contributed by atoms with Crippen molar-refractivity contribution in [1.82, 2.24) is 4.90 Å². The van der Waals surface area contributed by atoms with E-state index in [-0.39, 0.29) is 42.6 Å². The Morgan fingerprint density at radius 3 is 1.73 bits per heavy atom. The van der Waals surface area contributed by atoms with E-state index in [0.717, 1.165) is 19.3 Å². The number of carboxylic acid groups (broad SMARTS) is 2. The van der Waals surface area contributed by atoms with E-state index in [1.807, 2.05) is 0 Å². The number of carbonyl (C=O) groups is 2. The summed E-state index contributed by atoms with van der Waals surface area (Å²) in [6.45, 7) is 2.19. The van der Waals surface area contributed by atoms with Crippen LogP contribution in [0.4, 0.5) is 0 Å². The first kappa shape index (κ1) is 24.2. The van der Waals surface area contributed by atoms with Gasteiger partial charge in [-0.15, -0.1) is 0 Å². The van der Waals surface area contributed by atoms with Crippen molar-refractivity contribution in [2.24, 2.45) is 0 Å². The third-order valence-corrected chi connectivity index (χ3v) is 3.54. The van der Waals surface area contributed by atoms with Gasteiger partial charge in [-0.2, -0.15) is 0 Å². The maximum absolute atomic E-state index is 10.6. The van der Waals surface area contributed by atoms with E-state index in [9.17, 15) is 14.7 Å². The summed E-state index contributed by atoms with van der Waals surface area (Å²) >= 11 is 0. The molecule has 0 saturated carbocycles. The second-order valence-electron chi connectivity index (χ2n) is 5.66. The molecule has 0 atom stereocenters. The Labute approximate surface area is 156 Å². The van der Waals surface area contributed by atoms with Crippen LogP contribution in [-0.4, -0.2) is 41.6 Å². The average molecular weight is 323 g/mol. The maximum atomic E-state index is 10.6. The summed E-state index contributed by atoms with van der Waals surface area (Å²) in [4.78, 5) is 22.6. The number of carbonyl (C=O) groups excluding carboxylic acids is 1. The first-order chi connectivity index (χ1) is 10.1. The topological polar surface area (TPSA) is 80.7 Å². The Morgan fingerprint density at radius 1 is 0.864 bits per heavy atom. The van der Waals surface area contributed by atoms with Crippen LogP contribution in [0.3, 0.4) is 0 Å². The monoisotopic (exact) mass is 323 g/mol. The minimum atomic E-state index is -1.22. The van der Waals surface area contributed by atoms with Crippen LogP contribution in [0.2, 0.25) is 0 Å². The summed E-state index contributed by atoms with van der Waals surface area (Å²) in [7, 11) is 0. The Morgan fingerprint density at radius 2 is 1.32 bits per heavy atom. The van der Waals surface area contributed by atoms with Crippen LogP contribution in [-0.2, 0) is 9.59 Å². The molecular formula is C16H30NNaO4. The Balaban J connectivity index is 0. The van der Waals surface area contributed by atoms with Crippen LogP contribution < -0.4 is 34.7 Å². The zero-order valence-electron chi connectivity index (χ0n) is 14.3. The van der Waals surface area contributed by atoms with Gasteiger partial charge < -0.3 is 15.0 Å². The first-order valence-corrected chi connectivity index (χ1v) is 8.20. The molecule has 0 aromatic heterocycles. The van der Waals surface area contributed by atoms with E-state index in [1.165, 1.54) is 49.8 Å². The summed E-state index contributed by atoms with van der Waals surface area (Å²) < 4.78 is 0. The molecule has 0 aliphatic carbocycles. The molecule has 0 aromatic carbocycles. The van der Waals surface area contributed by atoms with Crippen molar-refractivity contribution in [1.29, 1.82) is 0 Å². The maximum Gasteiger partial charge on any atom is 1.00 e. The summed E-state index contributed by atoms with van der Waals surface area (Å²) in [5.74, 6) is -2.22. The van der Waals surface area contributed by atoms with Gasteiger partial charge in [0.15, 0.2) is 0 Å². The van der Waals surface area contributed by atoms with Crippen LogP contribution in [0, 0.1) is 0 Å². The van der Waals surface area contributed by atoms with Crippen molar-refractivity contribution >= 4 is 11.9 Å². The molecule has 0 amide bonds. The molecule has 0 aliphatic heterocycles. The van der Waals surface area contributed by atoms with E-state index in [1.54, 1.807) is 0 Å². The molecule has 124 valence electrons. The Kier molecular flexibility index (Phi) is 18.9. The van der Waals surface area contributed by atoms with Crippen molar-refractivity contribution in [2.45, 2.75) is 71.1 Å². The van der Waals surface area contributed by atoms with Gasteiger partial charge in [0.25, 0.3) is 0 Å². The molecule has 0 heterocycles. The number of rotatable bonds is 15. The van der Waals surface area contributed by atoms with Gasteiger partial charge in [0, 0.05) is 6.54 Å². The second-order valence-corrected chi connectivity index (χ2v) is 5.66. The van der Waals surface area contributed by atoms with Crippen molar-refractivity contribution in [3.63, 3.8) is 0 Å². The quantitative estimate of drug-likeness (QED) is 0.310. The molecule has 1 N–H and O–H groups in total. The zero-order valence-corrected chi connectivity index (χ0v) is 16.3. The van der Waals surface area contributed by atoms with E-state index < -0.39 is 11.9 Å². The van der Waals surface area contributed by atoms with Crippen molar-refractivity contribution in [3.05, 3.63) is 0 Å². The standard InChI is InChI=1S/C16H31NO4.Na/c1-2-3-4-5-6-7-8-9-10-11-12-17(13-15(18)19)14-16(20)21;/h2-14H2,1H3,(H,18,19)(H,20,21);/q;+1/p-1. The average Bonchev–Trinajstić information content (AvgIpc) is 2.39. The van der Waals surface area contributed by atoms with E-state index >= 15 is 0 Å². The fraction of sp³-hybridized carbons (Fsp3) is 0.875. The zero-order chi connectivity index (χ0) is 15.9. The first-order valence-electron chi connectivity index (χ1n) is 8.20. The molecule has 0 unspecified atom stereocenters. The van der Waals surface area contributed by atoms with Gasteiger partial charge in [-0.1, -0.05) is 64.7 Å². The summed E-state index contributed by atoms with van der Waals surface area (Å²) in [5.41, 5.74) is 0. The molecule has 0 aliphatic rings.